The first-order chi connectivity index (χ1) is 12.1. The third-order valence-electron chi connectivity index (χ3n) is 3.81. The van der Waals surface area contributed by atoms with Crippen LogP contribution in [0.5, 0.6) is 5.75 Å². The number of methoxy groups -OCH3 is 1. The lowest BCUT2D eigenvalue weighted by atomic mass is 10.2. The maximum absolute atomic E-state index is 12.3. The van der Waals surface area contributed by atoms with Crippen LogP contribution in [0.25, 0.3) is 0 Å². The standard InChI is InChI=1S/C19H22BrN3O2/c1-4-23(5-2)16-9-6-14(7-10-16)13-21-22-19(24)17-12-15(20)8-11-18(17)25-3/h6-13H,4-5H2,1-3H3,(H,22,24). The summed E-state index contributed by atoms with van der Waals surface area (Å²) in [5.41, 5.74) is 5.04. The van der Waals surface area contributed by atoms with Crippen LogP contribution in [0, 0.1) is 0 Å². The van der Waals surface area contributed by atoms with E-state index in [0.717, 1.165) is 23.1 Å². The van der Waals surface area contributed by atoms with E-state index in [1.54, 1.807) is 18.3 Å². The largest absolute Gasteiger partial charge is 0.496 e. The average molecular weight is 404 g/mol. The summed E-state index contributed by atoms with van der Waals surface area (Å²) in [6, 6.07) is 13.3. The highest BCUT2D eigenvalue weighted by atomic mass is 79.9. The highest BCUT2D eigenvalue weighted by Gasteiger charge is 2.11. The second-order valence-corrected chi connectivity index (χ2v) is 6.22. The lowest BCUT2D eigenvalue weighted by Crippen LogP contribution is -2.21. The number of ether oxygens (including phenoxy) is 1. The Hall–Kier alpha value is -2.34. The molecule has 0 heterocycles. The molecule has 1 N–H and O–H groups in total. The summed E-state index contributed by atoms with van der Waals surface area (Å²) in [6.07, 6.45) is 1.62. The van der Waals surface area contributed by atoms with Gasteiger partial charge in [0.2, 0.25) is 0 Å². The minimum absolute atomic E-state index is 0.325. The fraction of sp³-hybridized carbons (Fsp3) is 0.263. The number of anilines is 1. The Bertz CT molecular complexity index is 741. The Morgan fingerprint density at radius 1 is 1.20 bits per heavy atom. The predicted octanol–water partition coefficient (Wildman–Crippen LogP) is 4.07. The van der Waals surface area contributed by atoms with Crippen LogP contribution in [0.2, 0.25) is 0 Å². The third-order valence-corrected chi connectivity index (χ3v) is 4.30. The molecule has 1 amide bonds. The normalized spacial score (nSPS) is 10.7. The summed E-state index contributed by atoms with van der Waals surface area (Å²) in [4.78, 5) is 14.5. The molecule has 0 aliphatic rings. The number of benzene rings is 2. The van der Waals surface area contributed by atoms with Crippen LogP contribution >= 0.6 is 15.9 Å². The number of hydrogen-bond donors (Lipinski definition) is 1. The van der Waals surface area contributed by atoms with Crippen molar-refractivity contribution in [2.45, 2.75) is 13.8 Å². The van der Waals surface area contributed by atoms with Gasteiger partial charge in [-0.25, -0.2) is 5.43 Å². The first-order valence-electron chi connectivity index (χ1n) is 8.11. The SMILES string of the molecule is CCN(CC)c1ccc(C=NNC(=O)c2cc(Br)ccc2OC)cc1. The Balaban J connectivity index is 2.03. The van der Waals surface area contributed by atoms with E-state index in [0.29, 0.717) is 11.3 Å². The molecule has 2 aromatic rings. The molecule has 6 heteroatoms. The van der Waals surface area contributed by atoms with Gasteiger partial charge in [0.25, 0.3) is 5.91 Å². The molecule has 0 aliphatic carbocycles. The van der Waals surface area contributed by atoms with Gasteiger partial charge in [-0.05, 0) is 49.7 Å². The number of carbonyl (C=O) groups is 1. The van der Waals surface area contributed by atoms with Gasteiger partial charge >= 0.3 is 0 Å². The van der Waals surface area contributed by atoms with Crippen molar-refractivity contribution in [1.29, 1.82) is 0 Å². The number of hydrazone groups is 1. The smallest absolute Gasteiger partial charge is 0.275 e. The van der Waals surface area contributed by atoms with Crippen LogP contribution in [0.1, 0.15) is 29.8 Å². The summed E-state index contributed by atoms with van der Waals surface area (Å²) in [5, 5.41) is 4.03. The van der Waals surface area contributed by atoms with Crippen molar-refractivity contribution in [3.63, 3.8) is 0 Å². The summed E-state index contributed by atoms with van der Waals surface area (Å²) in [6.45, 7) is 6.19. The molecule has 0 saturated carbocycles. The predicted molar refractivity (Wildman–Crippen MR) is 106 cm³/mol. The lowest BCUT2D eigenvalue weighted by Gasteiger charge is -2.20. The summed E-state index contributed by atoms with van der Waals surface area (Å²) in [7, 11) is 1.53. The first-order valence-corrected chi connectivity index (χ1v) is 8.90. The van der Waals surface area contributed by atoms with Crippen LogP contribution in [0.15, 0.2) is 52.0 Å². The van der Waals surface area contributed by atoms with Crippen LogP contribution < -0.4 is 15.1 Å². The number of rotatable bonds is 7. The molecule has 0 radical (unpaired) electrons. The number of nitrogens with one attached hydrogen (secondary N) is 1. The highest BCUT2D eigenvalue weighted by molar-refractivity contribution is 9.10. The van der Waals surface area contributed by atoms with E-state index in [4.69, 9.17) is 4.74 Å². The number of halogens is 1. The van der Waals surface area contributed by atoms with Crippen molar-refractivity contribution < 1.29 is 9.53 Å². The molecule has 0 aliphatic heterocycles. The van der Waals surface area contributed by atoms with Gasteiger partial charge in [0, 0.05) is 23.2 Å². The molecular weight excluding hydrogens is 382 g/mol. The number of amides is 1. The molecule has 0 atom stereocenters. The number of nitrogens with zero attached hydrogens (tertiary/aromatic N) is 2. The molecule has 2 aromatic carbocycles. The molecule has 0 unspecified atom stereocenters. The minimum atomic E-state index is -0.325. The molecule has 132 valence electrons. The second-order valence-electron chi connectivity index (χ2n) is 5.31. The Morgan fingerprint density at radius 2 is 1.88 bits per heavy atom. The number of hydrogen-bond acceptors (Lipinski definition) is 4. The fourth-order valence-electron chi connectivity index (χ4n) is 2.44. The maximum Gasteiger partial charge on any atom is 0.275 e. The van der Waals surface area contributed by atoms with Crippen molar-refractivity contribution in [1.82, 2.24) is 5.43 Å². The van der Waals surface area contributed by atoms with Crippen LogP contribution in [0.4, 0.5) is 5.69 Å². The molecule has 0 spiro atoms. The van der Waals surface area contributed by atoms with Gasteiger partial charge in [-0.15, -0.1) is 0 Å². The van der Waals surface area contributed by atoms with Gasteiger partial charge in [-0.2, -0.15) is 5.10 Å². The highest BCUT2D eigenvalue weighted by Crippen LogP contribution is 2.22. The third kappa shape index (κ3) is 5.06. The fourth-order valence-corrected chi connectivity index (χ4v) is 2.80. The zero-order chi connectivity index (χ0) is 18.2. The van der Waals surface area contributed by atoms with Crippen LogP contribution in [0.3, 0.4) is 0 Å². The van der Waals surface area contributed by atoms with Gasteiger partial charge in [-0.1, -0.05) is 28.1 Å². The van der Waals surface area contributed by atoms with Gasteiger partial charge in [0.1, 0.15) is 5.75 Å². The van der Waals surface area contributed by atoms with Crippen molar-refractivity contribution >= 4 is 33.7 Å². The van der Waals surface area contributed by atoms with Crippen LogP contribution in [-0.2, 0) is 0 Å². The van der Waals surface area contributed by atoms with E-state index in [9.17, 15) is 4.79 Å². The van der Waals surface area contributed by atoms with E-state index < -0.39 is 0 Å². The maximum atomic E-state index is 12.3. The molecule has 0 bridgehead atoms. The molecular formula is C19H22BrN3O2. The van der Waals surface area contributed by atoms with Crippen LogP contribution in [-0.4, -0.2) is 32.3 Å². The minimum Gasteiger partial charge on any atom is -0.496 e. The Labute approximate surface area is 156 Å². The molecule has 25 heavy (non-hydrogen) atoms. The molecule has 0 saturated heterocycles. The molecule has 0 fully saturated rings. The second kappa shape index (κ2) is 9.22. The topological polar surface area (TPSA) is 53.9 Å². The van der Waals surface area contributed by atoms with Crippen molar-refractivity contribution in [2.24, 2.45) is 5.10 Å². The van der Waals surface area contributed by atoms with Gasteiger partial charge in [0.15, 0.2) is 0 Å². The van der Waals surface area contributed by atoms with Crippen molar-refractivity contribution in [2.75, 3.05) is 25.1 Å². The zero-order valence-electron chi connectivity index (χ0n) is 14.6. The van der Waals surface area contributed by atoms with E-state index in [1.165, 1.54) is 12.8 Å². The van der Waals surface area contributed by atoms with Crippen molar-refractivity contribution in [3.8, 4) is 5.75 Å². The number of carbonyl (C=O) groups excluding carboxylic acids is 1. The van der Waals surface area contributed by atoms with E-state index in [-0.39, 0.29) is 5.91 Å². The molecule has 5 nitrogen and oxygen atoms in total. The molecule has 2 rings (SSSR count). The summed E-state index contributed by atoms with van der Waals surface area (Å²) < 4.78 is 6.01. The Morgan fingerprint density at radius 3 is 2.48 bits per heavy atom. The average Bonchev–Trinajstić information content (AvgIpc) is 2.64. The lowest BCUT2D eigenvalue weighted by molar-refractivity contribution is 0.0952. The van der Waals surface area contributed by atoms with E-state index in [2.05, 4.69) is 45.2 Å². The van der Waals surface area contributed by atoms with E-state index in [1.807, 2.05) is 30.3 Å². The quantitative estimate of drug-likeness (QED) is 0.559. The van der Waals surface area contributed by atoms with Crippen molar-refractivity contribution in [3.05, 3.63) is 58.1 Å². The summed E-state index contributed by atoms with van der Waals surface area (Å²) in [5.74, 6) is 0.175. The zero-order valence-corrected chi connectivity index (χ0v) is 16.2. The van der Waals surface area contributed by atoms with Gasteiger partial charge < -0.3 is 9.64 Å². The molecule has 0 aromatic heterocycles. The van der Waals surface area contributed by atoms with E-state index >= 15 is 0 Å². The Kier molecular flexibility index (Phi) is 7.01. The monoisotopic (exact) mass is 403 g/mol. The summed E-state index contributed by atoms with van der Waals surface area (Å²) >= 11 is 3.35. The first kappa shape index (κ1) is 19.0. The van der Waals surface area contributed by atoms with Gasteiger partial charge in [0.05, 0.1) is 18.9 Å². The van der Waals surface area contributed by atoms with Gasteiger partial charge in [-0.3, -0.25) is 4.79 Å².